The fourth-order valence-corrected chi connectivity index (χ4v) is 4.67. The van der Waals surface area contributed by atoms with E-state index in [1.54, 1.807) is 6.92 Å². The summed E-state index contributed by atoms with van der Waals surface area (Å²) >= 11 is 0.740. The van der Waals surface area contributed by atoms with Crippen molar-refractivity contribution in [3.8, 4) is 11.5 Å². The molecule has 13 heteroatoms. The van der Waals surface area contributed by atoms with E-state index < -0.39 is 71.1 Å². The summed E-state index contributed by atoms with van der Waals surface area (Å²) < 4.78 is 73.6. The van der Waals surface area contributed by atoms with Crippen LogP contribution in [0.15, 0.2) is 29.6 Å². The number of ether oxygens (including phenoxy) is 3. The molecule has 2 aromatic carbocycles. The van der Waals surface area contributed by atoms with Gasteiger partial charge in [0.05, 0.1) is 29.8 Å². The lowest BCUT2D eigenvalue weighted by Gasteiger charge is -2.26. The third kappa shape index (κ3) is 5.20. The average molecular weight is 553 g/mol. The first-order chi connectivity index (χ1) is 18.1. The van der Waals surface area contributed by atoms with Gasteiger partial charge in [0.25, 0.3) is 5.91 Å². The number of halogens is 4. The predicted molar refractivity (Wildman–Crippen MR) is 126 cm³/mol. The Labute approximate surface area is 217 Å². The molecule has 0 saturated carbocycles. The molecule has 1 aliphatic heterocycles. The van der Waals surface area contributed by atoms with Crippen LogP contribution in [0.25, 0.3) is 0 Å². The molecule has 2 heterocycles. The van der Waals surface area contributed by atoms with Gasteiger partial charge in [0.2, 0.25) is 5.91 Å². The third-order valence-corrected chi connectivity index (χ3v) is 6.54. The first-order valence-corrected chi connectivity index (χ1v) is 12.0. The topological polar surface area (TPSA) is 102 Å². The normalized spacial score (nSPS) is 13.0. The molecule has 0 aliphatic carbocycles. The van der Waals surface area contributed by atoms with Gasteiger partial charge in [-0.05, 0) is 30.0 Å². The summed E-state index contributed by atoms with van der Waals surface area (Å²) in [5.41, 5.74) is -1.19. The molecule has 3 aromatic rings. The number of thiophene rings is 1. The second kappa shape index (κ2) is 11.2. The van der Waals surface area contributed by atoms with E-state index in [9.17, 15) is 37.1 Å². The summed E-state index contributed by atoms with van der Waals surface area (Å²) in [6, 6.07) is 3.06. The van der Waals surface area contributed by atoms with E-state index in [1.165, 1.54) is 5.38 Å². The number of benzene rings is 2. The van der Waals surface area contributed by atoms with Crippen LogP contribution < -0.4 is 14.4 Å². The van der Waals surface area contributed by atoms with Gasteiger partial charge in [0.1, 0.15) is 23.8 Å². The van der Waals surface area contributed by atoms with E-state index in [2.05, 4.69) is 0 Å². The molecule has 8 nitrogen and oxygen atoms in total. The summed E-state index contributed by atoms with van der Waals surface area (Å²) in [6.45, 7) is 1.59. The zero-order valence-corrected chi connectivity index (χ0v) is 20.5. The number of rotatable bonds is 10. The summed E-state index contributed by atoms with van der Waals surface area (Å²) in [5.74, 6) is -9.24. The Balaban J connectivity index is 1.64. The van der Waals surface area contributed by atoms with Crippen molar-refractivity contribution in [1.29, 1.82) is 0 Å². The van der Waals surface area contributed by atoms with E-state index >= 15 is 0 Å². The minimum absolute atomic E-state index is 0.00303. The molecule has 4 rings (SSSR count). The van der Waals surface area contributed by atoms with Crippen molar-refractivity contribution in [2.45, 2.75) is 20.0 Å². The molecule has 1 aliphatic rings. The number of imide groups is 1. The summed E-state index contributed by atoms with van der Waals surface area (Å²) in [7, 11) is 0. The van der Waals surface area contributed by atoms with Crippen molar-refractivity contribution in [2.24, 2.45) is 0 Å². The number of anilines is 1. The van der Waals surface area contributed by atoms with Crippen LogP contribution in [0.2, 0.25) is 0 Å². The predicted octanol–water partition coefficient (Wildman–Crippen LogP) is 4.73. The largest absolute Gasteiger partial charge is 0.491 e. The maximum Gasteiger partial charge on any atom is 0.346 e. The zero-order chi connectivity index (χ0) is 27.6. The van der Waals surface area contributed by atoms with Crippen molar-refractivity contribution >= 4 is 34.8 Å². The maximum absolute atomic E-state index is 14.8. The van der Waals surface area contributed by atoms with Gasteiger partial charge in [-0.1, -0.05) is 0 Å². The van der Waals surface area contributed by atoms with Crippen LogP contribution in [0.1, 0.15) is 38.1 Å². The molecule has 0 bridgehead atoms. The van der Waals surface area contributed by atoms with E-state index in [1.807, 2.05) is 0 Å². The van der Waals surface area contributed by atoms with Crippen molar-refractivity contribution in [3.63, 3.8) is 0 Å². The van der Waals surface area contributed by atoms with Crippen LogP contribution in [0, 0.1) is 23.3 Å². The molecule has 200 valence electrons. The lowest BCUT2D eigenvalue weighted by atomic mass is 10.0. The van der Waals surface area contributed by atoms with Gasteiger partial charge >= 0.3 is 5.97 Å². The Morgan fingerprint density at radius 3 is 2.50 bits per heavy atom. The molecular formula is C25H19F4NO7S. The van der Waals surface area contributed by atoms with Gasteiger partial charge in [-0.3, -0.25) is 9.59 Å². The summed E-state index contributed by atoms with van der Waals surface area (Å²) in [6.07, 6.45) is -0.394. The standard InChI is InChI=1S/C25H19F4NO7S/c1-2-35-5-6-36-18-4-3-14(26)22(29)13(18)10-37-19-9-17(15(27)8-16(19)28)30-20(31)7-12-11-38-23(25(33)34)21(12)24(30)32/h3-4,8-9,11H,2,5-7,10H2,1H3,(H,33,34). The number of nitrogens with zero attached hydrogens (tertiary/aromatic N) is 1. The molecule has 1 aromatic heterocycles. The van der Waals surface area contributed by atoms with Gasteiger partial charge < -0.3 is 19.3 Å². The Hall–Kier alpha value is -3.97. The second-order valence-electron chi connectivity index (χ2n) is 7.89. The Morgan fingerprint density at radius 1 is 1.03 bits per heavy atom. The van der Waals surface area contributed by atoms with E-state index in [-0.39, 0.29) is 35.0 Å². The molecule has 0 fully saturated rings. The summed E-state index contributed by atoms with van der Waals surface area (Å²) in [5, 5.41) is 10.7. The van der Waals surface area contributed by atoms with Crippen molar-refractivity contribution < 1.29 is 51.3 Å². The molecule has 38 heavy (non-hydrogen) atoms. The molecule has 0 saturated heterocycles. The fourth-order valence-electron chi connectivity index (χ4n) is 3.78. The van der Waals surface area contributed by atoms with Gasteiger partial charge in [0, 0.05) is 18.7 Å². The first kappa shape index (κ1) is 27.1. The van der Waals surface area contributed by atoms with Crippen LogP contribution in [-0.2, 0) is 22.6 Å². The molecule has 0 spiro atoms. The SMILES string of the molecule is CCOCCOc1ccc(F)c(F)c1COc1cc(N2C(=O)Cc3csc(C(=O)O)c3C2=O)c(F)cc1F. The number of aromatic carboxylic acids is 1. The van der Waals surface area contributed by atoms with Gasteiger partial charge in [-0.2, -0.15) is 0 Å². The number of fused-ring (bicyclic) bond motifs is 1. The number of amides is 2. The molecule has 0 radical (unpaired) electrons. The van der Waals surface area contributed by atoms with Crippen LogP contribution >= 0.6 is 11.3 Å². The average Bonchev–Trinajstić information content (AvgIpc) is 3.30. The lowest BCUT2D eigenvalue weighted by Crippen LogP contribution is -2.43. The Kier molecular flexibility index (Phi) is 7.97. The number of hydrogen-bond donors (Lipinski definition) is 1. The second-order valence-corrected chi connectivity index (χ2v) is 8.77. The monoisotopic (exact) mass is 553 g/mol. The highest BCUT2D eigenvalue weighted by Gasteiger charge is 2.38. The highest BCUT2D eigenvalue weighted by Crippen LogP contribution is 2.36. The van der Waals surface area contributed by atoms with E-state index in [0.717, 1.165) is 23.5 Å². The first-order valence-electron chi connectivity index (χ1n) is 11.1. The number of hydrogen-bond acceptors (Lipinski definition) is 7. The van der Waals surface area contributed by atoms with Crippen molar-refractivity contribution in [1.82, 2.24) is 0 Å². The van der Waals surface area contributed by atoms with Crippen molar-refractivity contribution in [2.75, 3.05) is 24.7 Å². The molecule has 2 amide bonds. The van der Waals surface area contributed by atoms with Gasteiger partial charge in [-0.25, -0.2) is 27.3 Å². The Bertz CT molecular complexity index is 1430. The number of carbonyl (C=O) groups is 3. The minimum Gasteiger partial charge on any atom is -0.491 e. The Morgan fingerprint density at radius 2 is 1.79 bits per heavy atom. The molecule has 1 N–H and O–H groups in total. The minimum atomic E-state index is -1.40. The molecular weight excluding hydrogens is 534 g/mol. The van der Waals surface area contributed by atoms with Crippen LogP contribution in [0.3, 0.4) is 0 Å². The van der Waals surface area contributed by atoms with Crippen LogP contribution in [-0.4, -0.2) is 42.7 Å². The smallest absolute Gasteiger partial charge is 0.346 e. The highest BCUT2D eigenvalue weighted by molar-refractivity contribution is 7.12. The van der Waals surface area contributed by atoms with Crippen molar-refractivity contribution in [3.05, 3.63) is 74.5 Å². The zero-order valence-electron chi connectivity index (χ0n) is 19.7. The molecule has 0 unspecified atom stereocenters. The lowest BCUT2D eigenvalue weighted by molar-refractivity contribution is -0.117. The van der Waals surface area contributed by atoms with E-state index in [4.69, 9.17) is 14.2 Å². The maximum atomic E-state index is 14.8. The van der Waals surface area contributed by atoms with Gasteiger partial charge in [0.15, 0.2) is 29.0 Å². The number of carbonyl (C=O) groups excluding carboxylic acids is 2. The van der Waals surface area contributed by atoms with Crippen LogP contribution in [0.4, 0.5) is 23.2 Å². The third-order valence-electron chi connectivity index (χ3n) is 5.53. The van der Waals surface area contributed by atoms with Gasteiger partial charge in [-0.15, -0.1) is 11.3 Å². The molecule has 0 atom stereocenters. The van der Waals surface area contributed by atoms with Crippen LogP contribution in [0.5, 0.6) is 11.5 Å². The quantitative estimate of drug-likeness (QED) is 0.220. The highest BCUT2D eigenvalue weighted by atomic mass is 32.1. The number of carboxylic acids is 1. The number of carboxylic acid groups (broad SMARTS) is 1. The van der Waals surface area contributed by atoms with E-state index in [0.29, 0.717) is 23.6 Å². The summed E-state index contributed by atoms with van der Waals surface area (Å²) in [4.78, 5) is 37.3. The fraction of sp³-hybridized carbons (Fsp3) is 0.240.